The lowest BCUT2D eigenvalue weighted by molar-refractivity contribution is -0.139. The Bertz CT molecular complexity index is 183. The lowest BCUT2D eigenvalue weighted by Crippen LogP contribution is -2.36. The van der Waals surface area contributed by atoms with Gasteiger partial charge < -0.3 is 10.8 Å². The van der Waals surface area contributed by atoms with Gasteiger partial charge in [0.15, 0.2) is 0 Å². The van der Waals surface area contributed by atoms with Crippen LogP contribution in [0.15, 0.2) is 18.4 Å². The highest BCUT2D eigenvalue weighted by Crippen LogP contribution is 2.06. The maximum Gasteiger partial charge on any atom is 0.320 e. The number of hydrogen-bond donors (Lipinski definition) is 2. The van der Waals surface area contributed by atoms with Gasteiger partial charge in [-0.3, -0.25) is 4.79 Å². The number of nitrogens with two attached hydrogens (primary N) is 1. The molecular weight excluding hydrogens is 142 g/mol. The van der Waals surface area contributed by atoms with Crippen LogP contribution in [0.5, 0.6) is 0 Å². The van der Waals surface area contributed by atoms with Gasteiger partial charge in [0, 0.05) is 0 Å². The van der Waals surface area contributed by atoms with Crippen LogP contribution in [0.2, 0.25) is 0 Å². The quantitative estimate of drug-likeness (QED) is 0.589. The minimum absolute atomic E-state index is 0.0678. The van der Waals surface area contributed by atoms with Crippen molar-refractivity contribution < 1.29 is 9.90 Å². The van der Waals surface area contributed by atoms with Gasteiger partial charge in [0.05, 0.1) is 0 Å². The van der Waals surface area contributed by atoms with Crippen LogP contribution in [0, 0.1) is 5.92 Å². The summed E-state index contributed by atoms with van der Waals surface area (Å²) in [5.74, 6) is -1.03. The fourth-order valence-electron chi connectivity index (χ4n) is 0.659. The summed E-state index contributed by atoms with van der Waals surface area (Å²) in [6.07, 6.45) is 2.30. The minimum atomic E-state index is -0.963. The molecule has 0 amide bonds. The van der Waals surface area contributed by atoms with E-state index in [-0.39, 0.29) is 5.92 Å². The molecule has 0 aromatic heterocycles. The van der Waals surface area contributed by atoms with E-state index in [0.29, 0.717) is 6.42 Å². The second-order valence-corrected chi connectivity index (χ2v) is 2.49. The molecule has 3 heteroatoms. The van der Waals surface area contributed by atoms with Gasteiger partial charge in [0.1, 0.15) is 6.04 Å². The first-order chi connectivity index (χ1) is 5.09. The van der Waals surface area contributed by atoms with Gasteiger partial charge in [-0.05, 0) is 18.4 Å². The third-order valence-electron chi connectivity index (χ3n) is 1.53. The van der Waals surface area contributed by atoms with Gasteiger partial charge in [-0.2, -0.15) is 0 Å². The summed E-state index contributed by atoms with van der Waals surface area (Å²) >= 11 is 0. The van der Waals surface area contributed by atoms with Crippen molar-refractivity contribution >= 4 is 5.97 Å². The Balaban J connectivity index is 3.91. The highest BCUT2D eigenvalue weighted by atomic mass is 16.4. The van der Waals surface area contributed by atoms with Crippen molar-refractivity contribution in [3.8, 4) is 0 Å². The van der Waals surface area contributed by atoms with Crippen molar-refractivity contribution in [2.45, 2.75) is 19.4 Å². The van der Waals surface area contributed by atoms with Crippen LogP contribution in [0.4, 0.5) is 0 Å². The lowest BCUT2D eigenvalue weighted by atomic mass is 9.99. The van der Waals surface area contributed by atoms with E-state index in [1.165, 1.54) is 0 Å². The number of hydrogen-bond acceptors (Lipinski definition) is 2. The number of carbonyl (C=O) groups is 1. The zero-order valence-corrected chi connectivity index (χ0v) is 6.58. The summed E-state index contributed by atoms with van der Waals surface area (Å²) in [6, 6.07) is -0.792. The van der Waals surface area contributed by atoms with E-state index in [1.54, 1.807) is 13.0 Å². The Kier molecular flexibility index (Phi) is 4.27. The highest BCUT2D eigenvalue weighted by Gasteiger charge is 2.18. The molecule has 0 saturated carbocycles. The molecule has 0 aliphatic carbocycles. The molecule has 3 N–H and O–H groups in total. The molecule has 2 atom stereocenters. The van der Waals surface area contributed by atoms with Gasteiger partial charge >= 0.3 is 5.97 Å². The topological polar surface area (TPSA) is 63.3 Å². The molecule has 0 heterocycles. The first kappa shape index (κ1) is 9.95. The van der Waals surface area contributed by atoms with Crippen LogP contribution in [-0.4, -0.2) is 17.1 Å². The second-order valence-electron chi connectivity index (χ2n) is 2.49. The van der Waals surface area contributed by atoms with Crippen LogP contribution in [-0.2, 0) is 4.79 Å². The maximum atomic E-state index is 10.3. The van der Waals surface area contributed by atoms with Gasteiger partial charge in [-0.15, -0.1) is 5.73 Å². The van der Waals surface area contributed by atoms with E-state index in [2.05, 4.69) is 12.3 Å². The predicted octanol–water partition coefficient (Wildman–Crippen LogP) is 0.766. The van der Waals surface area contributed by atoms with E-state index < -0.39 is 12.0 Å². The van der Waals surface area contributed by atoms with Crippen molar-refractivity contribution in [1.82, 2.24) is 0 Å². The SMILES string of the molecule is C=C=CCC(C)C(N)C(=O)O. The summed E-state index contributed by atoms with van der Waals surface area (Å²) in [5, 5.41) is 8.48. The summed E-state index contributed by atoms with van der Waals surface area (Å²) in [7, 11) is 0. The molecule has 0 saturated heterocycles. The molecule has 0 spiro atoms. The molecule has 11 heavy (non-hydrogen) atoms. The second kappa shape index (κ2) is 4.72. The molecule has 0 fully saturated rings. The molecule has 0 bridgehead atoms. The van der Waals surface area contributed by atoms with Crippen molar-refractivity contribution in [2.24, 2.45) is 11.7 Å². The first-order valence-electron chi connectivity index (χ1n) is 3.42. The number of allylic oxidation sites excluding steroid dienone is 1. The molecule has 0 aromatic carbocycles. The molecule has 2 unspecified atom stereocenters. The summed E-state index contributed by atoms with van der Waals surface area (Å²) < 4.78 is 0. The largest absolute Gasteiger partial charge is 0.480 e. The average Bonchev–Trinajstić information content (AvgIpc) is 1.98. The molecular formula is C8H13NO2. The molecule has 62 valence electrons. The van der Waals surface area contributed by atoms with Gasteiger partial charge in [0.2, 0.25) is 0 Å². The molecule has 3 nitrogen and oxygen atoms in total. The summed E-state index contributed by atoms with van der Waals surface area (Å²) in [6.45, 7) is 5.15. The standard InChI is InChI=1S/C8H13NO2/c1-3-4-5-6(2)7(9)8(10)11/h4,6-7H,1,5,9H2,2H3,(H,10,11). The van der Waals surface area contributed by atoms with Crippen LogP contribution in [0.1, 0.15) is 13.3 Å². The zero-order valence-electron chi connectivity index (χ0n) is 6.58. The number of aliphatic carboxylic acids is 1. The number of carboxylic acid groups (broad SMARTS) is 1. The zero-order chi connectivity index (χ0) is 8.85. The summed E-state index contributed by atoms with van der Waals surface area (Å²) in [5.41, 5.74) is 7.90. The van der Waals surface area contributed by atoms with E-state index in [9.17, 15) is 4.79 Å². The smallest absolute Gasteiger partial charge is 0.320 e. The maximum absolute atomic E-state index is 10.3. The monoisotopic (exact) mass is 155 g/mol. The van der Waals surface area contributed by atoms with E-state index >= 15 is 0 Å². The van der Waals surface area contributed by atoms with E-state index in [1.807, 2.05) is 0 Å². The summed E-state index contributed by atoms with van der Waals surface area (Å²) in [4.78, 5) is 10.3. The number of carboxylic acids is 1. The molecule has 0 rings (SSSR count). The number of rotatable bonds is 4. The van der Waals surface area contributed by atoms with Gasteiger partial charge in [-0.1, -0.05) is 13.5 Å². The minimum Gasteiger partial charge on any atom is -0.480 e. The van der Waals surface area contributed by atoms with Crippen LogP contribution in [0.3, 0.4) is 0 Å². The van der Waals surface area contributed by atoms with Crippen molar-refractivity contribution in [1.29, 1.82) is 0 Å². The van der Waals surface area contributed by atoms with Crippen LogP contribution < -0.4 is 5.73 Å². The predicted molar refractivity (Wildman–Crippen MR) is 43.1 cm³/mol. The van der Waals surface area contributed by atoms with E-state index in [4.69, 9.17) is 10.8 Å². The molecule has 0 aliphatic rings. The van der Waals surface area contributed by atoms with Crippen molar-refractivity contribution in [2.75, 3.05) is 0 Å². The van der Waals surface area contributed by atoms with Crippen molar-refractivity contribution in [3.63, 3.8) is 0 Å². The molecule has 0 aromatic rings. The molecule has 0 radical (unpaired) electrons. The third kappa shape index (κ3) is 3.61. The fourth-order valence-corrected chi connectivity index (χ4v) is 0.659. The Hall–Kier alpha value is -1.05. The van der Waals surface area contributed by atoms with Gasteiger partial charge in [-0.25, -0.2) is 0 Å². The van der Waals surface area contributed by atoms with E-state index in [0.717, 1.165) is 0 Å². The van der Waals surface area contributed by atoms with Crippen molar-refractivity contribution in [3.05, 3.63) is 18.4 Å². The Labute approximate surface area is 66.2 Å². The molecule has 0 aliphatic heterocycles. The van der Waals surface area contributed by atoms with Crippen LogP contribution in [0.25, 0.3) is 0 Å². The van der Waals surface area contributed by atoms with Crippen LogP contribution >= 0.6 is 0 Å². The highest BCUT2D eigenvalue weighted by molar-refractivity contribution is 5.73. The average molecular weight is 155 g/mol. The Morgan fingerprint density at radius 3 is 2.82 bits per heavy atom. The first-order valence-corrected chi connectivity index (χ1v) is 3.42. The Morgan fingerprint density at radius 2 is 2.45 bits per heavy atom. The Morgan fingerprint density at radius 1 is 1.91 bits per heavy atom. The lowest BCUT2D eigenvalue weighted by Gasteiger charge is -2.12. The van der Waals surface area contributed by atoms with Gasteiger partial charge in [0.25, 0.3) is 0 Å². The fraction of sp³-hybridized carbons (Fsp3) is 0.500. The normalized spacial score (nSPS) is 14.7. The third-order valence-corrected chi connectivity index (χ3v) is 1.53.